The van der Waals surface area contributed by atoms with Gasteiger partial charge in [-0.25, -0.2) is 15.0 Å². The molecule has 0 atom stereocenters. The molecule has 1 rings (SSSR count). The lowest BCUT2D eigenvalue weighted by Crippen LogP contribution is -2.52. The van der Waals surface area contributed by atoms with Gasteiger partial charge in [-0.05, 0) is 12.8 Å². The van der Waals surface area contributed by atoms with Gasteiger partial charge in [0, 0.05) is 13.0 Å². The van der Waals surface area contributed by atoms with Gasteiger partial charge in [-0.3, -0.25) is 0 Å². The maximum atomic E-state index is 11.1. The predicted octanol–water partition coefficient (Wildman–Crippen LogP) is 1.80. The minimum Gasteiger partial charge on any atom is -0.396 e. The molecule has 1 N–H and O–H groups in total. The Labute approximate surface area is 104 Å². The van der Waals surface area contributed by atoms with E-state index < -0.39 is 15.4 Å². The lowest BCUT2D eigenvalue weighted by molar-refractivity contribution is 0.282. The molecule has 5 heteroatoms. The highest BCUT2D eigenvalue weighted by molar-refractivity contribution is 7.93. The molecule has 0 amide bonds. The lowest BCUT2D eigenvalue weighted by atomic mass is 9.96. The number of hydrogen-bond donors (Lipinski definition) is 1. The van der Waals surface area contributed by atoms with Gasteiger partial charge in [0.1, 0.15) is 11.5 Å². The van der Waals surface area contributed by atoms with E-state index in [9.17, 15) is 8.42 Å². The van der Waals surface area contributed by atoms with E-state index in [0.29, 0.717) is 0 Å². The van der Waals surface area contributed by atoms with Crippen LogP contribution in [0.3, 0.4) is 0 Å². The number of aliphatic hydroxyl groups excluding tert-OH is 1. The molecular formula is C12H21NO3S. The Morgan fingerprint density at radius 1 is 1.06 bits per heavy atom. The Bertz CT molecular complexity index is 358. The Balaban J connectivity index is 2.09. The van der Waals surface area contributed by atoms with Crippen molar-refractivity contribution in [2.24, 2.45) is 0 Å². The molecule has 0 unspecified atom stereocenters. The molecule has 0 saturated carbocycles. The average molecular weight is 259 g/mol. The Hall–Kier alpha value is -0.600. The second-order valence-electron chi connectivity index (χ2n) is 4.96. The van der Waals surface area contributed by atoms with Gasteiger partial charge in [0.25, 0.3) is 5.54 Å². The highest BCUT2D eigenvalue weighted by atomic mass is 32.2. The summed E-state index contributed by atoms with van der Waals surface area (Å²) in [7, 11) is -2.90. The van der Waals surface area contributed by atoms with Crippen molar-refractivity contribution in [3.8, 4) is 0 Å². The van der Waals surface area contributed by atoms with E-state index in [0.717, 1.165) is 44.9 Å². The van der Waals surface area contributed by atoms with Crippen molar-refractivity contribution < 1.29 is 13.5 Å². The Morgan fingerprint density at radius 2 is 1.59 bits per heavy atom. The summed E-state index contributed by atoms with van der Waals surface area (Å²) in [6.07, 6.45) is 6.86. The number of aliphatic hydroxyl groups is 1. The zero-order chi connectivity index (χ0) is 12.8. The summed E-state index contributed by atoms with van der Waals surface area (Å²) in [6, 6.07) is 0. The van der Waals surface area contributed by atoms with Gasteiger partial charge in [-0.15, -0.1) is 0 Å². The second kappa shape index (κ2) is 6.36. The van der Waals surface area contributed by atoms with E-state index in [2.05, 4.69) is 4.85 Å². The summed E-state index contributed by atoms with van der Waals surface area (Å²) >= 11 is 0. The van der Waals surface area contributed by atoms with Crippen LogP contribution in [0, 0.1) is 6.57 Å². The van der Waals surface area contributed by atoms with Crippen LogP contribution < -0.4 is 0 Å². The highest BCUT2D eigenvalue weighted by Crippen LogP contribution is 2.33. The topological polar surface area (TPSA) is 58.7 Å². The number of rotatable bonds is 8. The molecule has 1 aliphatic rings. The molecule has 0 bridgehead atoms. The molecule has 0 aromatic carbocycles. The third-order valence-corrected chi connectivity index (χ3v) is 5.22. The standard InChI is InChI=1S/C12H21NO3S/c1-13-12(10-17(15,16)11-12)8-6-4-2-3-5-7-9-14/h14H,2-11H2. The van der Waals surface area contributed by atoms with Crippen LogP contribution in [0.4, 0.5) is 0 Å². The zero-order valence-corrected chi connectivity index (χ0v) is 11.0. The molecular weight excluding hydrogens is 238 g/mol. The average Bonchev–Trinajstić information content (AvgIpc) is 2.25. The molecule has 17 heavy (non-hydrogen) atoms. The maximum Gasteiger partial charge on any atom is 0.260 e. The van der Waals surface area contributed by atoms with Crippen molar-refractivity contribution in [3.05, 3.63) is 11.4 Å². The summed E-state index contributed by atoms with van der Waals surface area (Å²) in [4.78, 5) is 3.51. The second-order valence-corrected chi connectivity index (χ2v) is 7.03. The van der Waals surface area contributed by atoms with E-state index in [1.807, 2.05) is 0 Å². The summed E-state index contributed by atoms with van der Waals surface area (Å²) in [5.74, 6) is 0.127. The minimum absolute atomic E-state index is 0.0635. The fourth-order valence-corrected chi connectivity index (χ4v) is 4.28. The van der Waals surface area contributed by atoms with Crippen LogP contribution in [-0.2, 0) is 9.84 Å². The van der Waals surface area contributed by atoms with Crippen molar-refractivity contribution in [1.29, 1.82) is 0 Å². The number of nitrogens with zero attached hydrogens (tertiary/aromatic N) is 1. The van der Waals surface area contributed by atoms with Gasteiger partial charge >= 0.3 is 0 Å². The van der Waals surface area contributed by atoms with Crippen LogP contribution in [0.5, 0.6) is 0 Å². The third kappa shape index (κ3) is 4.64. The first kappa shape index (κ1) is 14.5. The van der Waals surface area contributed by atoms with E-state index in [1.165, 1.54) is 0 Å². The zero-order valence-electron chi connectivity index (χ0n) is 10.2. The fourth-order valence-electron chi connectivity index (χ4n) is 2.31. The van der Waals surface area contributed by atoms with Gasteiger partial charge in [0.15, 0.2) is 9.84 Å². The summed E-state index contributed by atoms with van der Waals surface area (Å²) in [5.41, 5.74) is -0.593. The Kier molecular flexibility index (Phi) is 5.41. The molecule has 98 valence electrons. The van der Waals surface area contributed by atoms with Gasteiger partial charge in [0.2, 0.25) is 0 Å². The summed E-state index contributed by atoms with van der Waals surface area (Å²) < 4.78 is 22.2. The molecule has 0 aromatic rings. The van der Waals surface area contributed by atoms with Crippen LogP contribution in [-0.4, -0.2) is 37.2 Å². The molecule has 0 spiro atoms. The predicted molar refractivity (Wildman–Crippen MR) is 67.4 cm³/mol. The first-order valence-corrected chi connectivity index (χ1v) is 8.06. The molecule has 0 radical (unpaired) electrons. The lowest BCUT2D eigenvalue weighted by Gasteiger charge is -2.29. The minimum atomic E-state index is -2.90. The fraction of sp³-hybridized carbons (Fsp3) is 0.917. The molecule has 1 saturated heterocycles. The molecule has 1 heterocycles. The molecule has 0 aliphatic carbocycles. The van der Waals surface area contributed by atoms with Crippen LogP contribution in [0.25, 0.3) is 4.85 Å². The molecule has 0 aromatic heterocycles. The van der Waals surface area contributed by atoms with Crippen LogP contribution in [0.2, 0.25) is 0 Å². The monoisotopic (exact) mass is 259 g/mol. The third-order valence-electron chi connectivity index (χ3n) is 3.26. The van der Waals surface area contributed by atoms with Gasteiger partial charge in [0.05, 0.1) is 0 Å². The van der Waals surface area contributed by atoms with Crippen molar-refractivity contribution in [1.82, 2.24) is 0 Å². The van der Waals surface area contributed by atoms with E-state index in [4.69, 9.17) is 11.7 Å². The maximum absolute atomic E-state index is 11.1. The van der Waals surface area contributed by atoms with Crippen molar-refractivity contribution in [3.63, 3.8) is 0 Å². The normalized spacial score (nSPS) is 20.5. The van der Waals surface area contributed by atoms with Gasteiger partial charge in [-0.2, -0.15) is 0 Å². The largest absolute Gasteiger partial charge is 0.396 e. The number of hydrogen-bond acceptors (Lipinski definition) is 3. The molecule has 1 fully saturated rings. The van der Waals surface area contributed by atoms with E-state index in [1.54, 1.807) is 0 Å². The molecule has 1 aliphatic heterocycles. The number of unbranched alkanes of at least 4 members (excludes halogenated alkanes) is 5. The van der Waals surface area contributed by atoms with Crippen molar-refractivity contribution in [2.75, 3.05) is 18.1 Å². The summed E-state index contributed by atoms with van der Waals surface area (Å²) in [5, 5.41) is 8.61. The van der Waals surface area contributed by atoms with Crippen LogP contribution in [0.1, 0.15) is 44.9 Å². The van der Waals surface area contributed by atoms with Gasteiger partial charge < -0.3 is 9.95 Å². The van der Waals surface area contributed by atoms with Crippen molar-refractivity contribution in [2.45, 2.75) is 50.5 Å². The SMILES string of the molecule is [C-]#[N+]C1(CCCCCCCCO)CS(=O)(=O)C1. The first-order valence-electron chi connectivity index (χ1n) is 6.23. The molecule has 4 nitrogen and oxygen atoms in total. The number of sulfone groups is 1. The quantitative estimate of drug-likeness (QED) is 0.534. The van der Waals surface area contributed by atoms with Crippen molar-refractivity contribution >= 4 is 9.84 Å². The van der Waals surface area contributed by atoms with E-state index >= 15 is 0 Å². The summed E-state index contributed by atoms with van der Waals surface area (Å²) in [6.45, 7) is 7.35. The first-order chi connectivity index (χ1) is 8.04. The van der Waals surface area contributed by atoms with Crippen LogP contribution in [0.15, 0.2) is 0 Å². The van der Waals surface area contributed by atoms with E-state index in [-0.39, 0.29) is 18.1 Å². The highest BCUT2D eigenvalue weighted by Gasteiger charge is 2.54. The van der Waals surface area contributed by atoms with Gasteiger partial charge in [-0.1, -0.05) is 25.7 Å². The Morgan fingerprint density at radius 3 is 2.06 bits per heavy atom. The smallest absolute Gasteiger partial charge is 0.260 e. The van der Waals surface area contributed by atoms with Crippen LogP contribution >= 0.6 is 0 Å².